The third-order valence-electron chi connectivity index (χ3n) is 3.54. The topological polar surface area (TPSA) is 15.3 Å². The summed E-state index contributed by atoms with van der Waals surface area (Å²) in [5.74, 6) is 0.728. The van der Waals surface area contributed by atoms with Crippen LogP contribution in [0.25, 0.3) is 0 Å². The number of nitrogens with zero attached hydrogens (tertiary/aromatic N) is 1. The second kappa shape index (κ2) is 8.34. The van der Waals surface area contributed by atoms with Gasteiger partial charge in [0, 0.05) is 6.04 Å². The molecule has 0 aromatic heterocycles. The van der Waals surface area contributed by atoms with Crippen LogP contribution in [0.15, 0.2) is 24.3 Å². The van der Waals surface area contributed by atoms with Crippen LogP contribution in [-0.2, 0) is 6.42 Å². The first-order valence-electron chi connectivity index (χ1n) is 7.44. The number of hydrogen-bond donors (Lipinski definition) is 1. The molecule has 0 spiro atoms. The molecule has 0 amide bonds. The SMILES string of the molecule is CNCCCC(c1ccc(CC(C)C)cc1)N(C)C. The molecule has 1 aromatic rings. The monoisotopic (exact) mass is 262 g/mol. The van der Waals surface area contributed by atoms with Crippen molar-refractivity contribution in [3.63, 3.8) is 0 Å². The molecule has 0 heterocycles. The molecule has 1 aromatic carbocycles. The van der Waals surface area contributed by atoms with Gasteiger partial charge in [0.2, 0.25) is 0 Å². The molecular formula is C17H30N2. The summed E-state index contributed by atoms with van der Waals surface area (Å²) < 4.78 is 0. The van der Waals surface area contributed by atoms with Crippen molar-refractivity contribution < 1.29 is 0 Å². The van der Waals surface area contributed by atoms with Crippen molar-refractivity contribution in [2.75, 3.05) is 27.7 Å². The zero-order chi connectivity index (χ0) is 14.3. The molecule has 0 fully saturated rings. The molecular weight excluding hydrogens is 232 g/mol. The first-order chi connectivity index (χ1) is 9.04. The molecule has 108 valence electrons. The van der Waals surface area contributed by atoms with Gasteiger partial charge in [0.25, 0.3) is 0 Å². The van der Waals surface area contributed by atoms with E-state index in [0.29, 0.717) is 6.04 Å². The molecule has 1 atom stereocenters. The highest BCUT2D eigenvalue weighted by atomic mass is 15.1. The Morgan fingerprint density at radius 1 is 1.11 bits per heavy atom. The fourth-order valence-corrected chi connectivity index (χ4v) is 2.54. The zero-order valence-electron chi connectivity index (χ0n) is 13.2. The van der Waals surface area contributed by atoms with Crippen LogP contribution in [0.3, 0.4) is 0 Å². The van der Waals surface area contributed by atoms with Crippen molar-refractivity contribution >= 4 is 0 Å². The van der Waals surface area contributed by atoms with Crippen LogP contribution in [0.4, 0.5) is 0 Å². The average Bonchev–Trinajstić information content (AvgIpc) is 2.35. The lowest BCUT2D eigenvalue weighted by atomic mass is 9.97. The maximum absolute atomic E-state index is 3.23. The second-order valence-electron chi connectivity index (χ2n) is 6.06. The minimum Gasteiger partial charge on any atom is -0.320 e. The van der Waals surface area contributed by atoms with Crippen molar-refractivity contribution in [3.05, 3.63) is 35.4 Å². The van der Waals surface area contributed by atoms with Crippen LogP contribution >= 0.6 is 0 Å². The third kappa shape index (κ3) is 5.75. The lowest BCUT2D eigenvalue weighted by Crippen LogP contribution is -2.21. The van der Waals surface area contributed by atoms with Crippen molar-refractivity contribution in [2.45, 2.75) is 39.2 Å². The molecule has 0 aliphatic rings. The Hall–Kier alpha value is -0.860. The van der Waals surface area contributed by atoms with Crippen LogP contribution in [0.1, 0.15) is 43.9 Å². The van der Waals surface area contributed by atoms with E-state index in [1.54, 1.807) is 0 Å². The molecule has 2 nitrogen and oxygen atoms in total. The van der Waals surface area contributed by atoms with Gasteiger partial charge in [-0.15, -0.1) is 0 Å². The molecule has 1 N–H and O–H groups in total. The van der Waals surface area contributed by atoms with E-state index in [4.69, 9.17) is 0 Å². The van der Waals surface area contributed by atoms with E-state index in [-0.39, 0.29) is 0 Å². The first kappa shape index (κ1) is 16.2. The van der Waals surface area contributed by atoms with Crippen molar-refractivity contribution in [1.82, 2.24) is 10.2 Å². The van der Waals surface area contributed by atoms with E-state index in [1.807, 2.05) is 7.05 Å². The molecule has 0 saturated heterocycles. The molecule has 1 rings (SSSR count). The maximum atomic E-state index is 3.23. The predicted octanol–water partition coefficient (Wildman–Crippen LogP) is 3.49. The third-order valence-corrected chi connectivity index (χ3v) is 3.54. The smallest absolute Gasteiger partial charge is 0.0342 e. The van der Waals surface area contributed by atoms with Crippen molar-refractivity contribution in [3.8, 4) is 0 Å². The first-order valence-corrected chi connectivity index (χ1v) is 7.44. The van der Waals surface area contributed by atoms with E-state index in [9.17, 15) is 0 Å². The average molecular weight is 262 g/mol. The van der Waals surface area contributed by atoms with E-state index in [2.05, 4.69) is 62.4 Å². The molecule has 0 bridgehead atoms. The fraction of sp³-hybridized carbons (Fsp3) is 0.647. The molecule has 2 heteroatoms. The summed E-state index contributed by atoms with van der Waals surface area (Å²) in [6, 6.07) is 9.73. The Kier molecular flexibility index (Phi) is 7.11. The Morgan fingerprint density at radius 3 is 2.21 bits per heavy atom. The van der Waals surface area contributed by atoms with Gasteiger partial charge in [0.1, 0.15) is 0 Å². The number of rotatable bonds is 8. The number of hydrogen-bond acceptors (Lipinski definition) is 2. The van der Waals surface area contributed by atoms with Crippen molar-refractivity contribution in [1.29, 1.82) is 0 Å². The lowest BCUT2D eigenvalue weighted by Gasteiger charge is -2.25. The van der Waals surface area contributed by atoms with Gasteiger partial charge in [0.05, 0.1) is 0 Å². The number of nitrogens with one attached hydrogen (secondary N) is 1. The van der Waals surface area contributed by atoms with E-state index in [0.717, 1.165) is 12.5 Å². The normalized spacial score (nSPS) is 13.2. The van der Waals surface area contributed by atoms with Gasteiger partial charge in [-0.1, -0.05) is 38.1 Å². The maximum Gasteiger partial charge on any atom is 0.0342 e. The van der Waals surface area contributed by atoms with E-state index in [1.165, 1.54) is 30.4 Å². The Bertz CT molecular complexity index is 341. The summed E-state index contributed by atoms with van der Waals surface area (Å²) in [6.45, 7) is 5.64. The van der Waals surface area contributed by atoms with Gasteiger partial charge in [-0.25, -0.2) is 0 Å². The molecule has 0 radical (unpaired) electrons. The summed E-state index contributed by atoms with van der Waals surface area (Å²) in [4.78, 5) is 2.33. The minimum absolute atomic E-state index is 0.529. The highest BCUT2D eigenvalue weighted by molar-refractivity contribution is 5.25. The van der Waals surface area contributed by atoms with Crippen LogP contribution in [0, 0.1) is 5.92 Å². The second-order valence-corrected chi connectivity index (χ2v) is 6.06. The van der Waals surface area contributed by atoms with Gasteiger partial charge >= 0.3 is 0 Å². The largest absolute Gasteiger partial charge is 0.320 e. The summed E-state index contributed by atoms with van der Waals surface area (Å²) in [5, 5.41) is 3.23. The highest BCUT2D eigenvalue weighted by Crippen LogP contribution is 2.24. The number of benzene rings is 1. The molecule has 0 aliphatic heterocycles. The summed E-state index contributed by atoms with van der Waals surface area (Å²) in [6.07, 6.45) is 3.59. The van der Waals surface area contributed by atoms with Crippen LogP contribution < -0.4 is 5.32 Å². The summed E-state index contributed by atoms with van der Waals surface area (Å²) in [7, 11) is 6.36. The highest BCUT2D eigenvalue weighted by Gasteiger charge is 2.13. The van der Waals surface area contributed by atoms with Gasteiger partial charge in [-0.05, 0) is 64.0 Å². The Morgan fingerprint density at radius 2 is 1.74 bits per heavy atom. The van der Waals surface area contributed by atoms with Gasteiger partial charge in [-0.3, -0.25) is 0 Å². The Balaban J connectivity index is 2.68. The summed E-state index contributed by atoms with van der Waals surface area (Å²) in [5.41, 5.74) is 2.89. The quantitative estimate of drug-likeness (QED) is 0.722. The minimum atomic E-state index is 0.529. The predicted molar refractivity (Wildman–Crippen MR) is 84.6 cm³/mol. The molecule has 19 heavy (non-hydrogen) atoms. The van der Waals surface area contributed by atoms with Gasteiger partial charge in [-0.2, -0.15) is 0 Å². The van der Waals surface area contributed by atoms with Gasteiger partial charge < -0.3 is 10.2 Å². The Labute approximate surface area is 119 Å². The lowest BCUT2D eigenvalue weighted by molar-refractivity contribution is 0.279. The van der Waals surface area contributed by atoms with E-state index >= 15 is 0 Å². The standard InChI is InChI=1S/C17H30N2/c1-14(2)13-15-8-10-16(11-9-15)17(19(4)5)7-6-12-18-3/h8-11,14,17-18H,6-7,12-13H2,1-5H3. The van der Waals surface area contributed by atoms with Crippen molar-refractivity contribution in [2.24, 2.45) is 5.92 Å². The molecule has 0 saturated carbocycles. The molecule has 0 aliphatic carbocycles. The summed E-state index contributed by atoms with van der Waals surface area (Å²) >= 11 is 0. The zero-order valence-corrected chi connectivity index (χ0v) is 13.2. The van der Waals surface area contributed by atoms with Crippen LogP contribution in [0.2, 0.25) is 0 Å². The fourth-order valence-electron chi connectivity index (χ4n) is 2.54. The van der Waals surface area contributed by atoms with Gasteiger partial charge in [0.15, 0.2) is 0 Å². The van der Waals surface area contributed by atoms with Crippen LogP contribution in [-0.4, -0.2) is 32.6 Å². The van der Waals surface area contributed by atoms with Crippen LogP contribution in [0.5, 0.6) is 0 Å². The van der Waals surface area contributed by atoms with E-state index < -0.39 is 0 Å². The molecule has 1 unspecified atom stereocenters.